The Balaban J connectivity index is 2.42. The number of carbonyl (C=O) groups excluding carboxylic acids is 1. The number of hydrogen-bond acceptors (Lipinski definition) is 4. The highest BCUT2D eigenvalue weighted by molar-refractivity contribution is 5.82. The molecular weight excluding hydrogens is 240 g/mol. The smallest absolute Gasteiger partial charge is 0.326 e. The zero-order chi connectivity index (χ0) is 13.5. The van der Waals surface area contributed by atoms with E-state index in [1.54, 1.807) is 4.90 Å². The van der Waals surface area contributed by atoms with Crippen LogP contribution >= 0.6 is 0 Å². The van der Waals surface area contributed by atoms with Crippen LogP contribution in [0.2, 0.25) is 0 Å². The first-order valence-corrected chi connectivity index (χ1v) is 6.08. The number of rotatable bonds is 6. The molecule has 4 N–H and O–H groups in total. The minimum Gasteiger partial charge on any atom is -0.480 e. The fraction of sp³-hybridized carbons (Fsp3) is 0.818. The van der Waals surface area contributed by atoms with Crippen molar-refractivity contribution in [3.63, 3.8) is 0 Å². The molecule has 18 heavy (non-hydrogen) atoms. The number of urea groups is 1. The maximum atomic E-state index is 11.8. The summed E-state index contributed by atoms with van der Waals surface area (Å²) >= 11 is 0. The van der Waals surface area contributed by atoms with Crippen molar-refractivity contribution in [3.8, 4) is 0 Å². The maximum absolute atomic E-state index is 11.8. The van der Waals surface area contributed by atoms with Gasteiger partial charge in [-0.15, -0.1) is 0 Å². The molecule has 1 heterocycles. The van der Waals surface area contributed by atoms with Gasteiger partial charge in [0.25, 0.3) is 0 Å². The Morgan fingerprint density at radius 3 is 2.61 bits per heavy atom. The fourth-order valence-electron chi connectivity index (χ4n) is 2.06. The number of nitrogens with zero attached hydrogens (tertiary/aromatic N) is 1. The molecule has 1 rings (SSSR count). The molecule has 104 valence electrons. The van der Waals surface area contributed by atoms with Gasteiger partial charge in [0.2, 0.25) is 0 Å². The Morgan fingerprint density at radius 2 is 2.06 bits per heavy atom. The van der Waals surface area contributed by atoms with Gasteiger partial charge in [-0.05, 0) is 18.8 Å². The van der Waals surface area contributed by atoms with Crippen molar-refractivity contribution >= 4 is 12.0 Å². The van der Waals surface area contributed by atoms with E-state index in [1.165, 1.54) is 0 Å². The number of hydrogen-bond donors (Lipinski definition) is 4. The molecule has 0 spiro atoms. The van der Waals surface area contributed by atoms with Crippen molar-refractivity contribution in [2.24, 2.45) is 5.92 Å². The van der Waals surface area contributed by atoms with Gasteiger partial charge in [0.05, 0.1) is 0 Å². The van der Waals surface area contributed by atoms with Crippen molar-refractivity contribution < 1.29 is 24.9 Å². The third-order valence-electron chi connectivity index (χ3n) is 3.12. The number of carbonyl (C=O) groups is 2. The van der Waals surface area contributed by atoms with Crippen LogP contribution in [0.3, 0.4) is 0 Å². The summed E-state index contributed by atoms with van der Waals surface area (Å²) in [5.41, 5.74) is 0. The number of aliphatic hydroxyl groups is 2. The molecule has 0 saturated carbocycles. The van der Waals surface area contributed by atoms with E-state index in [1.807, 2.05) is 0 Å². The highest BCUT2D eigenvalue weighted by Gasteiger charge is 2.28. The van der Waals surface area contributed by atoms with Crippen molar-refractivity contribution in [1.82, 2.24) is 10.2 Å². The number of carboxylic acid groups (broad SMARTS) is 1. The molecule has 0 aromatic rings. The van der Waals surface area contributed by atoms with Gasteiger partial charge in [-0.3, -0.25) is 0 Å². The summed E-state index contributed by atoms with van der Waals surface area (Å²) in [7, 11) is 0. The van der Waals surface area contributed by atoms with Gasteiger partial charge < -0.3 is 25.5 Å². The predicted octanol–water partition coefficient (Wildman–Crippen LogP) is -0.764. The molecule has 0 bridgehead atoms. The summed E-state index contributed by atoms with van der Waals surface area (Å²) in [6.45, 7) is 0.923. The first kappa shape index (κ1) is 14.7. The molecule has 0 aromatic carbocycles. The molecule has 2 amide bonds. The molecule has 0 aliphatic carbocycles. The lowest BCUT2D eigenvalue weighted by atomic mass is 10.1. The third-order valence-corrected chi connectivity index (χ3v) is 3.12. The second kappa shape index (κ2) is 7.17. The SMILES string of the molecule is O=C(O)[C@@H](CCO)NC(=O)N1CCC(CCO)C1. The van der Waals surface area contributed by atoms with E-state index in [4.69, 9.17) is 15.3 Å². The first-order chi connectivity index (χ1) is 8.58. The Kier molecular flexibility index (Phi) is 5.87. The quantitative estimate of drug-likeness (QED) is 0.501. The Bertz CT molecular complexity index is 297. The molecule has 7 heteroatoms. The summed E-state index contributed by atoms with van der Waals surface area (Å²) in [6, 6.07) is -1.48. The summed E-state index contributed by atoms with van der Waals surface area (Å²) < 4.78 is 0. The van der Waals surface area contributed by atoms with Gasteiger partial charge in [-0.2, -0.15) is 0 Å². The van der Waals surface area contributed by atoms with E-state index in [0.29, 0.717) is 19.5 Å². The first-order valence-electron chi connectivity index (χ1n) is 6.08. The lowest BCUT2D eigenvalue weighted by molar-refractivity contribution is -0.139. The van der Waals surface area contributed by atoms with Gasteiger partial charge in [0, 0.05) is 32.7 Å². The molecule has 1 unspecified atom stereocenters. The van der Waals surface area contributed by atoms with Crippen LogP contribution in [0.4, 0.5) is 4.79 Å². The summed E-state index contributed by atoms with van der Waals surface area (Å²) in [4.78, 5) is 24.2. The highest BCUT2D eigenvalue weighted by atomic mass is 16.4. The average molecular weight is 260 g/mol. The van der Waals surface area contributed by atoms with E-state index in [0.717, 1.165) is 6.42 Å². The van der Waals surface area contributed by atoms with Crippen LogP contribution in [0.1, 0.15) is 19.3 Å². The average Bonchev–Trinajstić information content (AvgIpc) is 2.77. The van der Waals surface area contributed by atoms with Crippen LogP contribution in [0.5, 0.6) is 0 Å². The molecule has 1 saturated heterocycles. The van der Waals surface area contributed by atoms with Crippen LogP contribution in [0, 0.1) is 5.92 Å². The lowest BCUT2D eigenvalue weighted by Gasteiger charge is -2.20. The minimum atomic E-state index is -1.15. The van der Waals surface area contributed by atoms with Crippen molar-refractivity contribution in [1.29, 1.82) is 0 Å². The highest BCUT2D eigenvalue weighted by Crippen LogP contribution is 2.19. The van der Waals surface area contributed by atoms with Crippen LogP contribution < -0.4 is 5.32 Å². The second-order valence-corrected chi connectivity index (χ2v) is 4.47. The largest absolute Gasteiger partial charge is 0.480 e. The maximum Gasteiger partial charge on any atom is 0.326 e. The summed E-state index contributed by atoms with van der Waals surface area (Å²) in [5, 5.41) is 28.8. The molecule has 0 aromatic heterocycles. The van der Waals surface area contributed by atoms with E-state index < -0.39 is 18.0 Å². The number of aliphatic hydroxyl groups excluding tert-OH is 2. The van der Waals surface area contributed by atoms with Crippen molar-refractivity contribution in [2.75, 3.05) is 26.3 Å². The molecule has 2 atom stereocenters. The fourth-order valence-corrected chi connectivity index (χ4v) is 2.06. The summed E-state index contributed by atoms with van der Waals surface area (Å²) in [5.74, 6) is -0.870. The Labute approximate surface area is 105 Å². The molecule has 1 aliphatic rings. The van der Waals surface area contributed by atoms with Gasteiger partial charge in [0.1, 0.15) is 6.04 Å². The van der Waals surface area contributed by atoms with Gasteiger partial charge in [-0.25, -0.2) is 9.59 Å². The van der Waals surface area contributed by atoms with Crippen molar-refractivity contribution in [2.45, 2.75) is 25.3 Å². The molecule has 0 radical (unpaired) electrons. The number of nitrogens with one attached hydrogen (secondary N) is 1. The normalized spacial score (nSPS) is 20.8. The van der Waals surface area contributed by atoms with E-state index in [-0.39, 0.29) is 25.6 Å². The minimum absolute atomic E-state index is 0.00498. The van der Waals surface area contributed by atoms with Crippen LogP contribution in [0.25, 0.3) is 0 Å². The monoisotopic (exact) mass is 260 g/mol. The molecular formula is C11H20N2O5. The van der Waals surface area contributed by atoms with Crippen LogP contribution in [-0.4, -0.2) is 64.6 Å². The number of likely N-dealkylation sites (tertiary alicyclic amines) is 1. The zero-order valence-electron chi connectivity index (χ0n) is 10.2. The van der Waals surface area contributed by atoms with E-state index >= 15 is 0 Å². The number of aliphatic carboxylic acids is 1. The van der Waals surface area contributed by atoms with Gasteiger partial charge in [0.15, 0.2) is 0 Å². The molecule has 7 nitrogen and oxygen atoms in total. The predicted molar refractivity (Wildman–Crippen MR) is 63.0 cm³/mol. The van der Waals surface area contributed by atoms with Gasteiger partial charge in [-0.1, -0.05) is 0 Å². The Hall–Kier alpha value is -1.34. The zero-order valence-corrected chi connectivity index (χ0v) is 10.2. The number of amides is 2. The second-order valence-electron chi connectivity index (χ2n) is 4.47. The molecule has 1 fully saturated rings. The summed E-state index contributed by atoms with van der Waals surface area (Å²) in [6.07, 6.45) is 1.48. The van der Waals surface area contributed by atoms with Crippen LogP contribution in [0.15, 0.2) is 0 Å². The van der Waals surface area contributed by atoms with Gasteiger partial charge >= 0.3 is 12.0 Å². The lowest BCUT2D eigenvalue weighted by Crippen LogP contribution is -2.47. The Morgan fingerprint density at radius 1 is 1.33 bits per heavy atom. The third kappa shape index (κ3) is 4.15. The number of carboxylic acids is 1. The van der Waals surface area contributed by atoms with Crippen LogP contribution in [-0.2, 0) is 4.79 Å². The topological polar surface area (TPSA) is 110 Å². The van der Waals surface area contributed by atoms with Crippen molar-refractivity contribution in [3.05, 3.63) is 0 Å². The van der Waals surface area contributed by atoms with E-state index in [2.05, 4.69) is 5.32 Å². The standard InChI is InChI=1S/C11H20N2O5/c14-5-2-8-1-4-13(7-8)11(18)12-9(3-6-15)10(16)17/h8-9,14-15H,1-7H2,(H,12,18)(H,16,17)/t8?,9-/m1/s1. The van der Waals surface area contributed by atoms with E-state index in [9.17, 15) is 9.59 Å². The molecule has 1 aliphatic heterocycles.